The number of nitrogens with zero attached hydrogens (tertiary/aromatic N) is 2. The van der Waals surface area contributed by atoms with Gasteiger partial charge in [-0.25, -0.2) is 12.7 Å². The van der Waals surface area contributed by atoms with Gasteiger partial charge in [0.25, 0.3) is 21.6 Å². The van der Waals surface area contributed by atoms with Crippen LogP contribution in [0.25, 0.3) is 0 Å². The molecular weight excluding hydrogens is 308 g/mol. The number of sulfonamides is 1. The summed E-state index contributed by atoms with van der Waals surface area (Å²) in [5.41, 5.74) is -0.412. The Labute approximate surface area is 120 Å². The normalized spacial score (nSPS) is 17.9. The molecule has 0 bridgehead atoms. The van der Waals surface area contributed by atoms with Crippen molar-refractivity contribution in [3.05, 3.63) is 33.9 Å². The summed E-state index contributed by atoms with van der Waals surface area (Å²) in [5, 5.41) is 10.7. The predicted octanol–water partition coefficient (Wildman–Crippen LogP) is 1.61. The van der Waals surface area contributed by atoms with Crippen LogP contribution in [0.3, 0.4) is 0 Å². The van der Waals surface area contributed by atoms with Crippen molar-refractivity contribution >= 4 is 33.2 Å². The summed E-state index contributed by atoms with van der Waals surface area (Å²) in [6.45, 7) is 1.66. The lowest BCUT2D eigenvalue weighted by atomic mass is 10.1. The fourth-order valence-corrected chi connectivity index (χ4v) is 3.70. The Morgan fingerprint density at radius 1 is 1.45 bits per heavy atom. The monoisotopic (exact) mass is 318 g/mol. The highest BCUT2D eigenvalue weighted by Gasteiger charge is 2.42. The highest BCUT2D eigenvalue weighted by Crippen LogP contribution is 2.33. The van der Waals surface area contributed by atoms with Crippen LogP contribution in [-0.4, -0.2) is 36.0 Å². The zero-order valence-corrected chi connectivity index (χ0v) is 12.0. The summed E-state index contributed by atoms with van der Waals surface area (Å²) in [6.07, 6.45) is 0. The molecule has 1 aliphatic heterocycles. The molecular formula is C11H11ClN2O5S. The lowest BCUT2D eigenvalue weighted by Crippen LogP contribution is -2.34. The minimum atomic E-state index is -4.04. The molecule has 108 valence electrons. The lowest BCUT2D eigenvalue weighted by Gasteiger charge is -2.18. The molecule has 9 heteroatoms. The van der Waals surface area contributed by atoms with Gasteiger partial charge in [0, 0.05) is 24.6 Å². The molecule has 1 aromatic carbocycles. The van der Waals surface area contributed by atoms with Crippen LogP contribution in [0.4, 0.5) is 5.69 Å². The third kappa shape index (κ3) is 2.25. The second-order valence-electron chi connectivity index (χ2n) is 4.54. The van der Waals surface area contributed by atoms with E-state index in [2.05, 4.69) is 0 Å². The largest absolute Gasteiger partial charge is 0.270 e. The first-order valence-electron chi connectivity index (χ1n) is 5.70. The summed E-state index contributed by atoms with van der Waals surface area (Å²) >= 11 is 5.63. The van der Waals surface area contributed by atoms with Crippen molar-refractivity contribution in [2.24, 2.45) is 5.92 Å². The van der Waals surface area contributed by atoms with Gasteiger partial charge in [0.15, 0.2) is 0 Å². The molecule has 0 radical (unpaired) electrons. The smallest absolute Gasteiger partial charge is 0.268 e. The van der Waals surface area contributed by atoms with Gasteiger partial charge in [0.1, 0.15) is 4.90 Å². The van der Waals surface area contributed by atoms with Gasteiger partial charge in [-0.05, 0) is 12.0 Å². The molecule has 0 saturated heterocycles. The number of nitro benzene ring substituents is 1. The number of halogens is 1. The van der Waals surface area contributed by atoms with E-state index in [1.165, 1.54) is 6.07 Å². The van der Waals surface area contributed by atoms with Crippen molar-refractivity contribution in [3.8, 4) is 0 Å². The quantitative estimate of drug-likeness (QED) is 0.477. The summed E-state index contributed by atoms with van der Waals surface area (Å²) in [6, 6.07) is 3.19. The number of hydrogen-bond acceptors (Lipinski definition) is 5. The van der Waals surface area contributed by atoms with Crippen LogP contribution >= 0.6 is 11.6 Å². The van der Waals surface area contributed by atoms with Crippen LogP contribution < -0.4 is 0 Å². The van der Waals surface area contributed by atoms with Crippen LogP contribution in [0, 0.1) is 16.0 Å². The Morgan fingerprint density at radius 3 is 2.65 bits per heavy atom. The molecule has 0 fully saturated rings. The third-order valence-corrected chi connectivity index (χ3v) is 5.26. The van der Waals surface area contributed by atoms with E-state index >= 15 is 0 Å². The lowest BCUT2D eigenvalue weighted by molar-refractivity contribution is -0.385. The number of rotatable bonds is 4. The van der Waals surface area contributed by atoms with E-state index in [4.69, 9.17) is 11.6 Å². The van der Waals surface area contributed by atoms with E-state index in [1.807, 2.05) is 0 Å². The first kappa shape index (κ1) is 14.7. The Balaban J connectivity index is 2.51. The molecule has 1 unspecified atom stereocenters. The molecule has 2 rings (SSSR count). The van der Waals surface area contributed by atoms with E-state index in [-0.39, 0.29) is 34.5 Å². The van der Waals surface area contributed by atoms with Crippen molar-refractivity contribution in [1.29, 1.82) is 0 Å². The van der Waals surface area contributed by atoms with Crippen molar-refractivity contribution in [3.63, 3.8) is 0 Å². The van der Waals surface area contributed by atoms with Crippen LogP contribution in [0.15, 0.2) is 23.1 Å². The van der Waals surface area contributed by atoms with Crippen LogP contribution in [0.1, 0.15) is 17.3 Å². The van der Waals surface area contributed by atoms with Gasteiger partial charge in [-0.15, -0.1) is 11.6 Å². The minimum Gasteiger partial charge on any atom is -0.268 e. The first-order valence-corrected chi connectivity index (χ1v) is 7.68. The molecule has 1 aliphatic rings. The maximum Gasteiger partial charge on any atom is 0.270 e. The SMILES string of the molecule is CC(CCl)CN1C(=O)c2ccc([N+](=O)[O-])cc2S1(=O)=O. The minimum absolute atomic E-state index is 0.0441. The summed E-state index contributed by atoms with van der Waals surface area (Å²) in [4.78, 5) is 21.7. The van der Waals surface area contributed by atoms with E-state index in [0.29, 0.717) is 4.31 Å². The van der Waals surface area contributed by atoms with E-state index in [9.17, 15) is 23.3 Å². The Hall–Kier alpha value is -1.67. The fourth-order valence-electron chi connectivity index (χ4n) is 1.89. The third-order valence-electron chi connectivity index (χ3n) is 2.94. The number of alkyl halides is 1. The number of amides is 1. The number of benzene rings is 1. The molecule has 1 amide bonds. The average Bonchev–Trinajstić information content (AvgIpc) is 2.59. The highest BCUT2D eigenvalue weighted by atomic mass is 35.5. The van der Waals surface area contributed by atoms with Gasteiger partial charge in [0.2, 0.25) is 0 Å². The van der Waals surface area contributed by atoms with Crippen molar-refractivity contribution in [2.75, 3.05) is 12.4 Å². The van der Waals surface area contributed by atoms with Gasteiger partial charge >= 0.3 is 0 Å². The zero-order chi connectivity index (χ0) is 15.1. The van der Waals surface area contributed by atoms with E-state index < -0.39 is 20.9 Å². The van der Waals surface area contributed by atoms with Crippen LogP contribution in [-0.2, 0) is 10.0 Å². The average molecular weight is 319 g/mol. The van der Waals surface area contributed by atoms with Gasteiger partial charge in [0.05, 0.1) is 10.5 Å². The second-order valence-corrected chi connectivity index (χ2v) is 6.68. The van der Waals surface area contributed by atoms with Gasteiger partial charge in [-0.1, -0.05) is 6.92 Å². The summed E-state index contributed by atoms with van der Waals surface area (Å²) in [7, 11) is -4.04. The molecule has 7 nitrogen and oxygen atoms in total. The number of carbonyl (C=O) groups excluding carboxylic acids is 1. The highest BCUT2D eigenvalue weighted by molar-refractivity contribution is 7.90. The number of nitro groups is 1. The number of non-ortho nitro benzene ring substituents is 1. The fraction of sp³-hybridized carbons (Fsp3) is 0.364. The van der Waals surface area contributed by atoms with Gasteiger partial charge in [-0.2, -0.15) is 0 Å². The first-order chi connectivity index (χ1) is 9.28. The standard InChI is InChI=1S/C11H11ClN2O5S/c1-7(5-12)6-13-11(15)9-3-2-8(14(16)17)4-10(9)20(13,18)19/h2-4,7H,5-6H2,1H3. The molecule has 1 atom stereocenters. The summed E-state index contributed by atoms with van der Waals surface area (Å²) < 4.78 is 25.2. The molecule has 1 heterocycles. The molecule has 0 saturated carbocycles. The van der Waals surface area contributed by atoms with Crippen molar-refractivity contribution in [2.45, 2.75) is 11.8 Å². The number of fused-ring (bicyclic) bond motifs is 1. The van der Waals surface area contributed by atoms with Gasteiger partial charge in [-0.3, -0.25) is 14.9 Å². The second kappa shape index (κ2) is 5.02. The molecule has 1 aromatic rings. The molecule has 0 N–H and O–H groups in total. The molecule has 0 aliphatic carbocycles. The Kier molecular flexibility index (Phi) is 3.70. The Bertz CT molecular complexity index is 688. The molecule has 20 heavy (non-hydrogen) atoms. The van der Waals surface area contributed by atoms with Crippen LogP contribution in [0.2, 0.25) is 0 Å². The predicted molar refractivity (Wildman–Crippen MR) is 71.2 cm³/mol. The van der Waals surface area contributed by atoms with Crippen LogP contribution in [0.5, 0.6) is 0 Å². The molecule has 0 spiro atoms. The van der Waals surface area contributed by atoms with Crippen molar-refractivity contribution in [1.82, 2.24) is 4.31 Å². The maximum atomic E-state index is 12.3. The zero-order valence-electron chi connectivity index (χ0n) is 10.4. The van der Waals surface area contributed by atoms with Crippen molar-refractivity contribution < 1.29 is 18.1 Å². The summed E-state index contributed by atoms with van der Waals surface area (Å²) in [5.74, 6) is -0.679. The maximum absolute atomic E-state index is 12.3. The number of carbonyl (C=O) groups is 1. The topological polar surface area (TPSA) is 97.6 Å². The van der Waals surface area contributed by atoms with E-state index in [0.717, 1.165) is 12.1 Å². The molecule has 0 aromatic heterocycles. The van der Waals surface area contributed by atoms with Gasteiger partial charge < -0.3 is 0 Å². The number of hydrogen-bond donors (Lipinski definition) is 0. The van der Waals surface area contributed by atoms with E-state index in [1.54, 1.807) is 6.92 Å². The Morgan fingerprint density at radius 2 is 2.10 bits per heavy atom.